The maximum absolute atomic E-state index is 12.8. The predicted molar refractivity (Wildman–Crippen MR) is 103 cm³/mol. The Hall–Kier alpha value is -2.87. The van der Waals surface area contributed by atoms with Crippen molar-refractivity contribution in [1.29, 1.82) is 0 Å². The highest BCUT2D eigenvalue weighted by Gasteiger charge is 2.43. The number of rotatable bonds is 5. The zero-order valence-corrected chi connectivity index (χ0v) is 16.4. The van der Waals surface area contributed by atoms with E-state index in [-0.39, 0.29) is 12.6 Å². The Bertz CT molecular complexity index is 895. The Morgan fingerprint density at radius 1 is 1.00 bits per heavy atom. The third-order valence-electron chi connectivity index (χ3n) is 4.88. The normalized spacial score (nSPS) is 17.6. The summed E-state index contributed by atoms with van der Waals surface area (Å²) in [6.45, 7) is 3.96. The molecule has 2 aromatic rings. The minimum absolute atomic E-state index is 0.0470. The Morgan fingerprint density at radius 3 is 2.14 bits per heavy atom. The van der Waals surface area contributed by atoms with Gasteiger partial charge >= 0.3 is 12.2 Å². The Balaban J connectivity index is 1.68. The molecule has 1 fully saturated rings. The fourth-order valence-corrected chi connectivity index (χ4v) is 3.30. The standard InChI is InChI=1S/C21H22F3N3O2/c1-14-4-10-18(11-5-14)27-15(2)19(28)26(20(27)29)13-25(3)12-16-6-8-17(9-7-16)21(22,23)24/h4-11,15H,12-13H2,1-3H3/t15-/m1/s1. The fraction of sp³-hybridized carbons (Fsp3) is 0.333. The van der Waals surface area contributed by atoms with Gasteiger partial charge in [0.2, 0.25) is 0 Å². The second-order valence-electron chi connectivity index (χ2n) is 7.28. The summed E-state index contributed by atoms with van der Waals surface area (Å²) in [6, 6.07) is 11.2. The van der Waals surface area contributed by atoms with Crippen molar-refractivity contribution in [2.24, 2.45) is 0 Å². The van der Waals surface area contributed by atoms with Crippen molar-refractivity contribution in [2.45, 2.75) is 32.6 Å². The van der Waals surface area contributed by atoms with E-state index in [2.05, 4.69) is 0 Å². The van der Waals surface area contributed by atoms with Crippen LogP contribution in [0.1, 0.15) is 23.6 Å². The van der Waals surface area contributed by atoms with Crippen molar-refractivity contribution in [3.8, 4) is 0 Å². The van der Waals surface area contributed by atoms with Crippen molar-refractivity contribution in [2.75, 3.05) is 18.6 Å². The quantitative estimate of drug-likeness (QED) is 0.699. The third kappa shape index (κ3) is 4.42. The molecule has 0 radical (unpaired) electrons. The first-order valence-electron chi connectivity index (χ1n) is 9.14. The van der Waals surface area contributed by atoms with E-state index in [4.69, 9.17) is 0 Å². The lowest BCUT2D eigenvalue weighted by atomic mass is 10.1. The molecule has 5 nitrogen and oxygen atoms in total. The number of imide groups is 1. The molecule has 0 aliphatic carbocycles. The van der Waals surface area contributed by atoms with Crippen LogP contribution in [0.25, 0.3) is 0 Å². The van der Waals surface area contributed by atoms with E-state index in [1.54, 1.807) is 31.0 Å². The molecule has 0 N–H and O–H groups in total. The zero-order chi connectivity index (χ0) is 21.3. The topological polar surface area (TPSA) is 43.9 Å². The van der Waals surface area contributed by atoms with Crippen LogP contribution in [-0.2, 0) is 17.5 Å². The summed E-state index contributed by atoms with van der Waals surface area (Å²) in [4.78, 5) is 29.8. The highest BCUT2D eigenvalue weighted by atomic mass is 19.4. The average molecular weight is 405 g/mol. The summed E-state index contributed by atoms with van der Waals surface area (Å²) in [5, 5.41) is 0. The number of hydrogen-bond acceptors (Lipinski definition) is 3. The molecule has 0 spiro atoms. The first-order valence-corrected chi connectivity index (χ1v) is 9.14. The summed E-state index contributed by atoms with van der Waals surface area (Å²) in [5.74, 6) is -0.310. The number of carbonyl (C=O) groups is 2. The summed E-state index contributed by atoms with van der Waals surface area (Å²) in [6.07, 6.45) is -4.38. The van der Waals surface area contributed by atoms with E-state index in [9.17, 15) is 22.8 Å². The highest BCUT2D eigenvalue weighted by Crippen LogP contribution is 2.29. The maximum atomic E-state index is 12.8. The molecule has 8 heteroatoms. The molecular formula is C21H22F3N3O2. The van der Waals surface area contributed by atoms with Gasteiger partial charge in [0, 0.05) is 12.2 Å². The molecule has 1 aliphatic rings. The predicted octanol–water partition coefficient (Wildman–Crippen LogP) is 4.26. The largest absolute Gasteiger partial charge is 0.416 e. The number of urea groups is 1. The molecule has 2 aromatic carbocycles. The molecule has 29 heavy (non-hydrogen) atoms. The second kappa shape index (κ2) is 7.87. The van der Waals surface area contributed by atoms with Gasteiger partial charge in [-0.2, -0.15) is 13.2 Å². The lowest BCUT2D eigenvalue weighted by molar-refractivity contribution is -0.137. The smallest absolute Gasteiger partial charge is 0.284 e. The molecule has 3 rings (SSSR count). The number of benzene rings is 2. The molecule has 0 aromatic heterocycles. The number of aryl methyl sites for hydroxylation is 1. The number of carbonyl (C=O) groups excluding carboxylic acids is 2. The van der Waals surface area contributed by atoms with Crippen molar-refractivity contribution in [1.82, 2.24) is 9.80 Å². The molecule has 154 valence electrons. The average Bonchev–Trinajstić information content (AvgIpc) is 2.86. The van der Waals surface area contributed by atoms with E-state index >= 15 is 0 Å². The number of anilines is 1. The van der Waals surface area contributed by atoms with Crippen LogP contribution < -0.4 is 4.90 Å². The fourth-order valence-electron chi connectivity index (χ4n) is 3.30. The third-order valence-corrected chi connectivity index (χ3v) is 4.88. The minimum atomic E-state index is -4.38. The van der Waals surface area contributed by atoms with E-state index < -0.39 is 23.8 Å². The molecule has 1 saturated heterocycles. The molecule has 0 saturated carbocycles. The van der Waals surface area contributed by atoms with Gasteiger partial charge in [-0.3, -0.25) is 14.6 Å². The SMILES string of the molecule is Cc1ccc(N2C(=O)N(CN(C)Cc3ccc(C(F)(F)F)cc3)C(=O)[C@H]2C)cc1. The van der Waals surface area contributed by atoms with Crippen molar-refractivity contribution in [3.63, 3.8) is 0 Å². The molecular weight excluding hydrogens is 383 g/mol. The van der Waals surface area contributed by atoms with Crippen LogP contribution in [0.15, 0.2) is 48.5 Å². The second-order valence-corrected chi connectivity index (χ2v) is 7.28. The lowest BCUT2D eigenvalue weighted by Crippen LogP contribution is -2.40. The van der Waals surface area contributed by atoms with Crippen LogP contribution in [0.5, 0.6) is 0 Å². The van der Waals surface area contributed by atoms with Crippen LogP contribution in [0, 0.1) is 6.92 Å². The van der Waals surface area contributed by atoms with Gasteiger partial charge < -0.3 is 0 Å². The number of halogens is 3. The monoisotopic (exact) mass is 405 g/mol. The van der Waals surface area contributed by atoms with E-state index in [1.807, 2.05) is 19.1 Å². The van der Waals surface area contributed by atoms with Gasteiger partial charge in [0.15, 0.2) is 0 Å². The molecule has 1 heterocycles. The van der Waals surface area contributed by atoms with Crippen molar-refractivity contribution >= 4 is 17.6 Å². The van der Waals surface area contributed by atoms with Crippen LogP contribution in [0.2, 0.25) is 0 Å². The van der Waals surface area contributed by atoms with Crippen molar-refractivity contribution in [3.05, 3.63) is 65.2 Å². The lowest BCUT2D eigenvalue weighted by Gasteiger charge is -2.23. The van der Waals surface area contributed by atoms with Gasteiger partial charge in [-0.15, -0.1) is 0 Å². The van der Waals surface area contributed by atoms with Gasteiger partial charge in [-0.25, -0.2) is 9.69 Å². The molecule has 3 amide bonds. The van der Waals surface area contributed by atoms with Gasteiger partial charge in [-0.05, 0) is 50.7 Å². The first-order chi connectivity index (χ1) is 13.6. The van der Waals surface area contributed by atoms with Crippen LogP contribution in [0.4, 0.5) is 23.7 Å². The van der Waals surface area contributed by atoms with E-state index in [0.717, 1.165) is 22.6 Å². The minimum Gasteiger partial charge on any atom is -0.284 e. The van der Waals surface area contributed by atoms with Crippen LogP contribution in [-0.4, -0.2) is 41.5 Å². The Morgan fingerprint density at radius 2 is 1.59 bits per heavy atom. The number of nitrogens with zero attached hydrogens (tertiary/aromatic N) is 3. The van der Waals surface area contributed by atoms with E-state index in [0.29, 0.717) is 17.8 Å². The summed E-state index contributed by atoms with van der Waals surface area (Å²) in [7, 11) is 1.71. The van der Waals surface area contributed by atoms with Gasteiger partial charge in [0.1, 0.15) is 6.04 Å². The van der Waals surface area contributed by atoms with Crippen LogP contribution in [0.3, 0.4) is 0 Å². The van der Waals surface area contributed by atoms with Gasteiger partial charge in [-0.1, -0.05) is 29.8 Å². The number of hydrogen-bond donors (Lipinski definition) is 0. The summed E-state index contributed by atoms with van der Waals surface area (Å²) in [5.41, 5.74) is 1.64. The highest BCUT2D eigenvalue weighted by molar-refractivity contribution is 6.14. The summed E-state index contributed by atoms with van der Waals surface area (Å²) < 4.78 is 38.0. The van der Waals surface area contributed by atoms with Crippen LogP contribution >= 0.6 is 0 Å². The van der Waals surface area contributed by atoms with Crippen molar-refractivity contribution < 1.29 is 22.8 Å². The Kier molecular flexibility index (Phi) is 5.66. The summed E-state index contributed by atoms with van der Waals surface area (Å²) >= 11 is 0. The van der Waals surface area contributed by atoms with Gasteiger partial charge in [0.25, 0.3) is 5.91 Å². The Labute approximate surface area is 167 Å². The van der Waals surface area contributed by atoms with E-state index in [1.165, 1.54) is 17.0 Å². The molecule has 1 atom stereocenters. The number of amides is 3. The maximum Gasteiger partial charge on any atom is 0.416 e. The number of alkyl halides is 3. The zero-order valence-electron chi connectivity index (χ0n) is 16.4. The first kappa shape index (κ1) is 20.9. The molecule has 0 bridgehead atoms. The molecule has 0 unspecified atom stereocenters. The van der Waals surface area contributed by atoms with Gasteiger partial charge in [0.05, 0.1) is 12.2 Å². The molecule has 1 aliphatic heterocycles.